The molecule has 0 aliphatic heterocycles. The van der Waals surface area contributed by atoms with Crippen molar-refractivity contribution in [2.24, 2.45) is 5.73 Å². The number of carbonyl (C=O) groups is 1. The fourth-order valence-corrected chi connectivity index (χ4v) is 1.19. The number of aromatic nitrogens is 1. The molecule has 0 radical (unpaired) electrons. The zero-order valence-electron chi connectivity index (χ0n) is 8.79. The van der Waals surface area contributed by atoms with Gasteiger partial charge >= 0.3 is 6.03 Å². The monoisotopic (exact) mass is 208 g/mol. The number of carbonyl (C=O) groups excluding carboxylic acids is 1. The maximum absolute atomic E-state index is 10.3. The predicted molar refractivity (Wildman–Crippen MR) is 58.3 cm³/mol. The van der Waals surface area contributed by atoms with E-state index >= 15 is 0 Å². The Hall–Kier alpha value is -1.62. The van der Waals surface area contributed by atoms with E-state index in [1.807, 2.05) is 25.1 Å². The van der Waals surface area contributed by atoms with Gasteiger partial charge in [-0.15, -0.1) is 0 Å². The summed E-state index contributed by atoms with van der Waals surface area (Å²) in [5.74, 6) is 0. The number of aryl methyl sites for hydroxylation is 1. The first-order valence-corrected chi connectivity index (χ1v) is 4.85. The van der Waals surface area contributed by atoms with E-state index in [1.54, 1.807) is 0 Å². The Kier molecular flexibility index (Phi) is 4.56. The molecule has 5 heteroatoms. The molecule has 0 saturated heterocycles. The fraction of sp³-hybridized carbons (Fsp3) is 0.400. The van der Waals surface area contributed by atoms with E-state index in [1.165, 1.54) is 0 Å². The van der Waals surface area contributed by atoms with Crippen LogP contribution in [0.5, 0.6) is 0 Å². The molecule has 1 aromatic heterocycles. The maximum atomic E-state index is 10.3. The SMILES string of the molecule is Cc1cccc(CNCCNC(N)=O)n1. The van der Waals surface area contributed by atoms with Crippen LogP contribution in [0.4, 0.5) is 4.79 Å². The first-order chi connectivity index (χ1) is 7.18. The van der Waals surface area contributed by atoms with Crippen molar-refractivity contribution in [1.82, 2.24) is 15.6 Å². The summed E-state index contributed by atoms with van der Waals surface area (Å²) in [4.78, 5) is 14.7. The van der Waals surface area contributed by atoms with Gasteiger partial charge < -0.3 is 16.4 Å². The highest BCUT2D eigenvalue weighted by Crippen LogP contribution is 1.96. The standard InChI is InChI=1S/C10H16N4O/c1-8-3-2-4-9(14-8)7-12-5-6-13-10(11)15/h2-4,12H,5-7H2,1H3,(H3,11,13,15). The first-order valence-electron chi connectivity index (χ1n) is 4.85. The minimum absolute atomic E-state index is 0.495. The molecule has 1 rings (SSSR count). The number of hydrogen-bond acceptors (Lipinski definition) is 3. The van der Waals surface area contributed by atoms with Crippen LogP contribution >= 0.6 is 0 Å². The molecule has 2 amide bonds. The van der Waals surface area contributed by atoms with Crippen molar-refractivity contribution < 1.29 is 4.79 Å². The molecule has 0 bridgehead atoms. The van der Waals surface area contributed by atoms with Gasteiger partial charge in [-0.3, -0.25) is 4.98 Å². The van der Waals surface area contributed by atoms with Crippen LogP contribution in [0.2, 0.25) is 0 Å². The number of rotatable bonds is 5. The molecular weight excluding hydrogens is 192 g/mol. The molecule has 1 heterocycles. The second-order valence-corrected chi connectivity index (χ2v) is 3.24. The lowest BCUT2D eigenvalue weighted by atomic mass is 10.3. The number of nitrogens with two attached hydrogens (primary N) is 1. The number of pyridine rings is 1. The third kappa shape index (κ3) is 4.97. The normalized spacial score (nSPS) is 9.93. The zero-order chi connectivity index (χ0) is 11.1. The Balaban J connectivity index is 2.17. The van der Waals surface area contributed by atoms with Crippen molar-refractivity contribution in [3.8, 4) is 0 Å². The average molecular weight is 208 g/mol. The molecule has 0 atom stereocenters. The quantitative estimate of drug-likeness (QED) is 0.602. The van der Waals surface area contributed by atoms with Gasteiger partial charge in [0, 0.05) is 25.3 Å². The van der Waals surface area contributed by atoms with Gasteiger partial charge in [0.1, 0.15) is 0 Å². The van der Waals surface area contributed by atoms with Gasteiger partial charge in [0.15, 0.2) is 0 Å². The van der Waals surface area contributed by atoms with Gasteiger partial charge in [-0.25, -0.2) is 4.79 Å². The molecule has 0 spiro atoms. The number of primary amides is 1. The largest absolute Gasteiger partial charge is 0.352 e. The summed E-state index contributed by atoms with van der Waals surface area (Å²) in [6.07, 6.45) is 0. The van der Waals surface area contributed by atoms with Crippen LogP contribution in [-0.2, 0) is 6.54 Å². The van der Waals surface area contributed by atoms with Gasteiger partial charge in [0.2, 0.25) is 0 Å². The molecule has 0 fully saturated rings. The number of urea groups is 1. The van der Waals surface area contributed by atoms with E-state index in [9.17, 15) is 4.79 Å². The molecule has 4 N–H and O–H groups in total. The summed E-state index contributed by atoms with van der Waals surface area (Å²) in [5, 5.41) is 5.65. The van der Waals surface area contributed by atoms with Crippen molar-refractivity contribution >= 4 is 6.03 Å². The van der Waals surface area contributed by atoms with E-state index < -0.39 is 6.03 Å². The molecule has 15 heavy (non-hydrogen) atoms. The summed E-state index contributed by atoms with van der Waals surface area (Å²) in [6, 6.07) is 5.39. The van der Waals surface area contributed by atoms with E-state index in [4.69, 9.17) is 5.73 Å². The van der Waals surface area contributed by atoms with Crippen molar-refractivity contribution in [2.45, 2.75) is 13.5 Å². The minimum atomic E-state index is -0.495. The third-order valence-electron chi connectivity index (χ3n) is 1.85. The molecule has 0 saturated carbocycles. The number of hydrogen-bond donors (Lipinski definition) is 3. The smallest absolute Gasteiger partial charge is 0.312 e. The Morgan fingerprint density at radius 3 is 2.93 bits per heavy atom. The minimum Gasteiger partial charge on any atom is -0.352 e. The highest BCUT2D eigenvalue weighted by molar-refractivity contribution is 5.71. The summed E-state index contributed by atoms with van der Waals surface area (Å²) in [6.45, 7) is 3.86. The van der Waals surface area contributed by atoms with Crippen molar-refractivity contribution in [2.75, 3.05) is 13.1 Å². The molecule has 82 valence electrons. The molecule has 0 aliphatic carbocycles. The maximum Gasteiger partial charge on any atom is 0.312 e. The molecule has 0 unspecified atom stereocenters. The highest BCUT2D eigenvalue weighted by Gasteiger charge is 1.94. The Morgan fingerprint density at radius 2 is 2.27 bits per heavy atom. The van der Waals surface area contributed by atoms with Crippen LogP contribution in [0, 0.1) is 6.92 Å². The Bertz CT molecular complexity index is 327. The van der Waals surface area contributed by atoms with Gasteiger partial charge in [-0.2, -0.15) is 0 Å². The number of nitrogens with one attached hydrogen (secondary N) is 2. The van der Waals surface area contributed by atoms with E-state index in [-0.39, 0.29) is 0 Å². The Morgan fingerprint density at radius 1 is 1.47 bits per heavy atom. The van der Waals surface area contributed by atoms with Crippen molar-refractivity contribution in [3.05, 3.63) is 29.6 Å². The average Bonchev–Trinajstić information content (AvgIpc) is 2.17. The van der Waals surface area contributed by atoms with E-state index in [0.29, 0.717) is 19.6 Å². The third-order valence-corrected chi connectivity index (χ3v) is 1.85. The fourth-order valence-electron chi connectivity index (χ4n) is 1.19. The first kappa shape index (κ1) is 11.5. The van der Waals surface area contributed by atoms with Crippen LogP contribution in [0.25, 0.3) is 0 Å². The van der Waals surface area contributed by atoms with E-state index in [0.717, 1.165) is 11.4 Å². The topological polar surface area (TPSA) is 80.0 Å². The van der Waals surface area contributed by atoms with E-state index in [2.05, 4.69) is 15.6 Å². The van der Waals surface area contributed by atoms with Crippen LogP contribution in [0.15, 0.2) is 18.2 Å². The summed E-state index contributed by atoms with van der Waals surface area (Å²) in [7, 11) is 0. The molecule has 1 aromatic rings. The lowest BCUT2D eigenvalue weighted by molar-refractivity contribution is 0.249. The number of amides is 2. The summed E-state index contributed by atoms with van der Waals surface area (Å²) in [5.41, 5.74) is 6.91. The lowest BCUT2D eigenvalue weighted by Gasteiger charge is -2.05. The summed E-state index contributed by atoms with van der Waals surface area (Å²) < 4.78 is 0. The van der Waals surface area contributed by atoms with Gasteiger partial charge in [0.25, 0.3) is 0 Å². The number of nitrogens with zero attached hydrogens (tertiary/aromatic N) is 1. The van der Waals surface area contributed by atoms with Gasteiger partial charge in [-0.05, 0) is 19.1 Å². The van der Waals surface area contributed by atoms with Crippen LogP contribution in [0.1, 0.15) is 11.4 Å². The summed E-state index contributed by atoms with van der Waals surface area (Å²) >= 11 is 0. The van der Waals surface area contributed by atoms with Crippen LogP contribution < -0.4 is 16.4 Å². The molecule has 0 aromatic carbocycles. The second kappa shape index (κ2) is 5.98. The second-order valence-electron chi connectivity index (χ2n) is 3.24. The van der Waals surface area contributed by atoms with Crippen molar-refractivity contribution in [3.63, 3.8) is 0 Å². The van der Waals surface area contributed by atoms with Gasteiger partial charge in [-0.1, -0.05) is 6.07 Å². The zero-order valence-corrected chi connectivity index (χ0v) is 8.79. The predicted octanol–water partition coefficient (Wildman–Crippen LogP) is 0.148. The highest BCUT2D eigenvalue weighted by atomic mass is 16.2. The van der Waals surface area contributed by atoms with Crippen LogP contribution in [0.3, 0.4) is 0 Å². The Labute approximate surface area is 89.1 Å². The molecule has 5 nitrogen and oxygen atoms in total. The molecular formula is C10H16N4O. The lowest BCUT2D eigenvalue weighted by Crippen LogP contribution is -2.35. The van der Waals surface area contributed by atoms with Crippen molar-refractivity contribution in [1.29, 1.82) is 0 Å². The molecule has 0 aliphatic rings. The van der Waals surface area contributed by atoms with Gasteiger partial charge in [0.05, 0.1) is 5.69 Å². The van der Waals surface area contributed by atoms with Crippen LogP contribution in [-0.4, -0.2) is 24.1 Å².